The molecule has 0 spiro atoms. The number of nitrogens with zero attached hydrogens (tertiary/aromatic N) is 1. The Morgan fingerprint density at radius 3 is 2.76 bits per heavy atom. The van der Waals surface area contributed by atoms with E-state index in [9.17, 15) is 4.79 Å². The van der Waals surface area contributed by atoms with E-state index in [-0.39, 0.29) is 5.91 Å². The highest BCUT2D eigenvalue weighted by Gasteiger charge is 2.04. The Labute approximate surface area is 138 Å². The van der Waals surface area contributed by atoms with Crippen LogP contribution in [0.1, 0.15) is 11.1 Å². The van der Waals surface area contributed by atoms with Crippen molar-refractivity contribution >= 4 is 40.9 Å². The number of hydrogen-bond acceptors (Lipinski definition) is 3. The number of thioether (sulfide) groups is 1. The number of halogens is 2. The van der Waals surface area contributed by atoms with E-state index in [2.05, 4.69) is 10.3 Å². The van der Waals surface area contributed by atoms with Gasteiger partial charge in [0.2, 0.25) is 5.91 Å². The molecule has 2 aromatic rings. The lowest BCUT2D eigenvalue weighted by atomic mass is 10.2. The van der Waals surface area contributed by atoms with Crippen molar-refractivity contribution in [1.82, 2.24) is 10.3 Å². The van der Waals surface area contributed by atoms with Crippen LogP contribution in [0.3, 0.4) is 0 Å². The van der Waals surface area contributed by atoms with Crippen molar-refractivity contribution in [2.45, 2.75) is 12.3 Å². The number of pyridine rings is 1. The fraction of sp³-hybridized carbons (Fsp3) is 0.200. The van der Waals surface area contributed by atoms with Gasteiger partial charge >= 0.3 is 0 Å². The van der Waals surface area contributed by atoms with Gasteiger partial charge in [-0.05, 0) is 29.3 Å². The Morgan fingerprint density at radius 2 is 2.05 bits per heavy atom. The van der Waals surface area contributed by atoms with E-state index in [1.165, 1.54) is 11.8 Å². The summed E-state index contributed by atoms with van der Waals surface area (Å²) in [7, 11) is 0. The Bertz CT molecular complexity index is 608. The number of rotatable bonds is 6. The predicted molar refractivity (Wildman–Crippen MR) is 88.7 cm³/mol. The van der Waals surface area contributed by atoms with Gasteiger partial charge in [-0.15, -0.1) is 11.8 Å². The standard InChI is InChI=1S/C15H14Cl2N2OS/c16-13-4-3-11(6-14(13)17)9-21-10-15(20)19-8-12-2-1-5-18-7-12/h1-7H,8-10H2,(H,19,20). The third-order valence-corrected chi connectivity index (χ3v) is 4.44. The molecule has 110 valence electrons. The number of aromatic nitrogens is 1. The summed E-state index contributed by atoms with van der Waals surface area (Å²) in [5.41, 5.74) is 2.04. The highest BCUT2D eigenvalue weighted by molar-refractivity contribution is 7.99. The average Bonchev–Trinajstić information content (AvgIpc) is 2.50. The Kier molecular flexibility index (Phi) is 6.36. The summed E-state index contributed by atoms with van der Waals surface area (Å²) in [4.78, 5) is 15.7. The first-order valence-electron chi connectivity index (χ1n) is 6.32. The number of carbonyl (C=O) groups is 1. The molecule has 0 unspecified atom stereocenters. The quantitative estimate of drug-likeness (QED) is 0.865. The molecule has 1 N–H and O–H groups in total. The zero-order valence-electron chi connectivity index (χ0n) is 11.2. The first-order valence-corrected chi connectivity index (χ1v) is 8.23. The van der Waals surface area contributed by atoms with Crippen molar-refractivity contribution in [3.8, 4) is 0 Å². The summed E-state index contributed by atoms with van der Waals surface area (Å²) in [6.07, 6.45) is 3.45. The highest BCUT2D eigenvalue weighted by atomic mass is 35.5. The molecule has 0 saturated carbocycles. The van der Waals surface area contributed by atoms with E-state index in [0.717, 1.165) is 16.9 Å². The van der Waals surface area contributed by atoms with Crippen LogP contribution in [0.5, 0.6) is 0 Å². The number of carbonyl (C=O) groups excluding carboxylic acids is 1. The maximum Gasteiger partial charge on any atom is 0.230 e. The molecule has 0 radical (unpaired) electrons. The van der Waals surface area contributed by atoms with E-state index < -0.39 is 0 Å². The number of nitrogens with one attached hydrogen (secondary N) is 1. The summed E-state index contributed by atoms with van der Waals surface area (Å²) >= 11 is 13.3. The van der Waals surface area contributed by atoms with Gasteiger partial charge in [-0.2, -0.15) is 0 Å². The van der Waals surface area contributed by atoms with Crippen LogP contribution in [0, 0.1) is 0 Å². The van der Waals surface area contributed by atoms with Crippen LogP contribution in [0.4, 0.5) is 0 Å². The van der Waals surface area contributed by atoms with Gasteiger partial charge in [0.05, 0.1) is 15.8 Å². The first kappa shape index (κ1) is 16.1. The first-order chi connectivity index (χ1) is 10.1. The van der Waals surface area contributed by atoms with Crippen LogP contribution in [0.15, 0.2) is 42.7 Å². The van der Waals surface area contributed by atoms with Gasteiger partial charge in [0, 0.05) is 24.7 Å². The number of hydrogen-bond donors (Lipinski definition) is 1. The Hall–Kier alpha value is -1.23. The Morgan fingerprint density at radius 1 is 1.19 bits per heavy atom. The van der Waals surface area contributed by atoms with Crippen molar-refractivity contribution in [2.24, 2.45) is 0 Å². The van der Waals surface area contributed by atoms with Crippen molar-refractivity contribution in [1.29, 1.82) is 0 Å². The van der Waals surface area contributed by atoms with E-state index in [1.54, 1.807) is 18.5 Å². The smallest absolute Gasteiger partial charge is 0.230 e. The lowest BCUT2D eigenvalue weighted by Crippen LogP contribution is -2.24. The van der Waals surface area contributed by atoms with E-state index in [1.807, 2.05) is 24.3 Å². The monoisotopic (exact) mass is 340 g/mol. The minimum Gasteiger partial charge on any atom is -0.351 e. The van der Waals surface area contributed by atoms with Crippen molar-refractivity contribution in [3.05, 3.63) is 63.9 Å². The SMILES string of the molecule is O=C(CSCc1ccc(Cl)c(Cl)c1)NCc1cccnc1. The van der Waals surface area contributed by atoms with Gasteiger partial charge in [0.15, 0.2) is 0 Å². The van der Waals surface area contributed by atoms with Crippen LogP contribution >= 0.6 is 35.0 Å². The van der Waals surface area contributed by atoms with E-state index in [4.69, 9.17) is 23.2 Å². The molecule has 1 amide bonds. The minimum absolute atomic E-state index is 0.00362. The lowest BCUT2D eigenvalue weighted by Gasteiger charge is -2.06. The van der Waals surface area contributed by atoms with Crippen LogP contribution in [-0.4, -0.2) is 16.6 Å². The predicted octanol–water partition coefficient (Wildman–Crippen LogP) is 3.94. The third-order valence-electron chi connectivity index (χ3n) is 2.70. The molecule has 0 aliphatic heterocycles. The summed E-state index contributed by atoms with van der Waals surface area (Å²) in [6.45, 7) is 0.500. The molecule has 0 atom stereocenters. The second kappa shape index (κ2) is 8.27. The molecular weight excluding hydrogens is 327 g/mol. The number of amides is 1. The van der Waals surface area contributed by atoms with Crippen molar-refractivity contribution in [2.75, 3.05) is 5.75 Å². The molecule has 2 rings (SSSR count). The van der Waals surface area contributed by atoms with Gasteiger partial charge in [-0.1, -0.05) is 35.3 Å². The normalized spacial score (nSPS) is 10.4. The lowest BCUT2D eigenvalue weighted by molar-refractivity contribution is -0.118. The summed E-state index contributed by atoms with van der Waals surface area (Å²) in [5.74, 6) is 1.13. The average molecular weight is 341 g/mol. The molecule has 0 fully saturated rings. The molecule has 0 aliphatic rings. The molecule has 1 aromatic carbocycles. The van der Waals surface area contributed by atoms with Gasteiger partial charge in [-0.25, -0.2) is 0 Å². The number of benzene rings is 1. The van der Waals surface area contributed by atoms with Gasteiger partial charge in [0.1, 0.15) is 0 Å². The zero-order valence-corrected chi connectivity index (χ0v) is 13.5. The van der Waals surface area contributed by atoms with Gasteiger partial charge in [-0.3, -0.25) is 9.78 Å². The van der Waals surface area contributed by atoms with Crippen LogP contribution in [0.2, 0.25) is 10.0 Å². The van der Waals surface area contributed by atoms with E-state index in [0.29, 0.717) is 22.3 Å². The van der Waals surface area contributed by atoms with E-state index >= 15 is 0 Å². The van der Waals surface area contributed by atoms with Crippen LogP contribution < -0.4 is 5.32 Å². The zero-order chi connectivity index (χ0) is 15.1. The molecule has 1 heterocycles. The molecule has 3 nitrogen and oxygen atoms in total. The largest absolute Gasteiger partial charge is 0.351 e. The topological polar surface area (TPSA) is 42.0 Å². The van der Waals surface area contributed by atoms with Crippen molar-refractivity contribution in [3.63, 3.8) is 0 Å². The summed E-state index contributed by atoms with van der Waals surface area (Å²) in [5, 5.41) is 3.94. The molecule has 21 heavy (non-hydrogen) atoms. The maximum atomic E-state index is 11.7. The highest BCUT2D eigenvalue weighted by Crippen LogP contribution is 2.24. The Balaban J connectivity index is 1.70. The second-order valence-electron chi connectivity index (χ2n) is 4.38. The van der Waals surface area contributed by atoms with Crippen molar-refractivity contribution < 1.29 is 4.79 Å². The molecule has 0 aliphatic carbocycles. The molecule has 1 aromatic heterocycles. The molecule has 0 saturated heterocycles. The van der Waals surface area contributed by atoms with Gasteiger partial charge < -0.3 is 5.32 Å². The molecule has 6 heteroatoms. The van der Waals surface area contributed by atoms with Crippen LogP contribution in [0.25, 0.3) is 0 Å². The minimum atomic E-state index is 0.00362. The molecule has 0 bridgehead atoms. The fourth-order valence-corrected chi connectivity index (χ4v) is 2.77. The van der Waals surface area contributed by atoms with Gasteiger partial charge in [0.25, 0.3) is 0 Å². The fourth-order valence-electron chi connectivity index (χ4n) is 1.65. The third kappa shape index (κ3) is 5.58. The second-order valence-corrected chi connectivity index (χ2v) is 6.18. The molecular formula is C15H14Cl2N2OS. The maximum absolute atomic E-state index is 11.7. The summed E-state index contributed by atoms with van der Waals surface area (Å²) < 4.78 is 0. The van der Waals surface area contributed by atoms with Crippen LogP contribution in [-0.2, 0) is 17.1 Å². The summed E-state index contributed by atoms with van der Waals surface area (Å²) in [6, 6.07) is 9.28.